The van der Waals surface area contributed by atoms with Crippen LogP contribution in [0.25, 0.3) is 0 Å². The minimum Gasteiger partial charge on any atom is -0.457 e. The molecule has 38 heteroatoms. The Morgan fingerprint density at radius 2 is 0.531 bits per heavy atom. The second kappa shape index (κ2) is 60.6. The summed E-state index contributed by atoms with van der Waals surface area (Å²) >= 11 is 0. The highest BCUT2D eigenvalue weighted by atomic mass is 19.4. The van der Waals surface area contributed by atoms with Gasteiger partial charge in [0, 0.05) is 112 Å². The molecule has 0 atom stereocenters. The molecule has 29 nitrogen and oxygen atoms in total. The lowest BCUT2D eigenvalue weighted by molar-refractivity contribution is -0.275. The van der Waals surface area contributed by atoms with Crippen molar-refractivity contribution in [2.75, 3.05) is 39.3 Å². The average molecular weight is 2030 g/mol. The fourth-order valence-corrected chi connectivity index (χ4v) is 11.8. The molecule has 5 aromatic heterocycles. The van der Waals surface area contributed by atoms with Crippen LogP contribution in [0.3, 0.4) is 0 Å². The average Bonchev–Trinajstić information content (AvgIpc) is 0.839. The number of carbonyl (C=O) groups excluding carboxylic acids is 6. The molecule has 6 amide bonds. The molecule has 7 aromatic carbocycles. The number of rotatable bonds is 39. The van der Waals surface area contributed by atoms with Crippen molar-refractivity contribution < 1.29 is 111 Å². The number of nitriles is 3. The molecule has 12 aromatic rings. The molecule has 774 valence electrons. The van der Waals surface area contributed by atoms with Gasteiger partial charge >= 0.3 is 19.1 Å². The second-order valence-electron chi connectivity index (χ2n) is 34.6. The van der Waals surface area contributed by atoms with Gasteiger partial charge in [-0.2, -0.15) is 15.8 Å². The molecule has 0 saturated carbocycles. The number of pyridine rings is 5. The summed E-state index contributed by atoms with van der Waals surface area (Å²) in [6, 6.07) is 64.5. The van der Waals surface area contributed by atoms with Crippen molar-refractivity contribution in [3.8, 4) is 105 Å². The molecular formula is C109H115F9N14O15. The van der Waals surface area contributed by atoms with E-state index < -0.39 is 30.6 Å². The van der Waals surface area contributed by atoms with Crippen LogP contribution >= 0.6 is 0 Å². The van der Waals surface area contributed by atoms with Gasteiger partial charge in [0.15, 0.2) is 11.5 Å². The lowest BCUT2D eigenvalue weighted by Gasteiger charge is -2.13. The molecule has 6 N–H and O–H groups in total. The lowest BCUT2D eigenvalue weighted by Crippen LogP contribution is -2.25. The van der Waals surface area contributed by atoms with Gasteiger partial charge in [-0.1, -0.05) is 119 Å². The largest absolute Gasteiger partial charge is 0.573 e. The van der Waals surface area contributed by atoms with Gasteiger partial charge in [-0.15, -0.1) is 39.5 Å². The van der Waals surface area contributed by atoms with Crippen molar-refractivity contribution in [3.63, 3.8) is 0 Å². The van der Waals surface area contributed by atoms with Gasteiger partial charge in [-0.25, -0.2) is 24.9 Å². The van der Waals surface area contributed by atoms with E-state index >= 15 is 0 Å². The van der Waals surface area contributed by atoms with Gasteiger partial charge in [-0.3, -0.25) is 28.8 Å². The normalized spacial score (nSPS) is 10.8. The number of halogens is 9. The summed E-state index contributed by atoms with van der Waals surface area (Å²) in [6.45, 7) is 28.8. The Morgan fingerprint density at radius 1 is 0.259 bits per heavy atom. The highest BCUT2D eigenvalue weighted by Crippen LogP contribution is 2.36. The number of hydrogen-bond donors (Lipinski definition) is 6. The second-order valence-corrected chi connectivity index (χ2v) is 34.6. The van der Waals surface area contributed by atoms with E-state index in [2.05, 4.69) is 166 Å². The Balaban J connectivity index is 0.000000239. The Labute approximate surface area is 846 Å². The minimum absolute atomic E-state index is 0.0435. The third kappa shape index (κ3) is 47.3. The number of carbonyl (C=O) groups is 6. The number of ether oxygens (including phenoxy) is 9. The van der Waals surface area contributed by atoms with Crippen LogP contribution in [0.1, 0.15) is 200 Å². The Bertz CT molecular complexity index is 6230. The van der Waals surface area contributed by atoms with Gasteiger partial charge in [-0.05, 0) is 232 Å². The van der Waals surface area contributed by atoms with Crippen molar-refractivity contribution in [2.24, 2.45) is 35.5 Å². The van der Waals surface area contributed by atoms with Gasteiger partial charge in [0.25, 0.3) is 35.4 Å². The van der Waals surface area contributed by atoms with Crippen molar-refractivity contribution in [1.82, 2.24) is 56.8 Å². The highest BCUT2D eigenvalue weighted by Gasteiger charge is 2.34. The number of aromatic nitrogens is 5. The van der Waals surface area contributed by atoms with Crippen LogP contribution in [0, 0.1) is 69.5 Å². The molecule has 12 rings (SSSR count). The van der Waals surface area contributed by atoms with E-state index in [0.29, 0.717) is 171 Å². The number of alkyl halides is 9. The molecular weight excluding hydrogens is 1920 g/mol. The maximum absolute atomic E-state index is 12.4. The zero-order valence-corrected chi connectivity index (χ0v) is 82.9. The van der Waals surface area contributed by atoms with Crippen LogP contribution in [0.5, 0.6) is 86.9 Å². The first kappa shape index (κ1) is 117. The number of hydrogen-bond acceptors (Lipinski definition) is 23. The predicted octanol–water partition coefficient (Wildman–Crippen LogP) is 24.8. The van der Waals surface area contributed by atoms with Gasteiger partial charge in [0.2, 0.25) is 29.4 Å². The van der Waals surface area contributed by atoms with Gasteiger partial charge < -0.3 is 74.5 Å². The van der Waals surface area contributed by atoms with E-state index in [1.807, 2.05) is 6.07 Å². The summed E-state index contributed by atoms with van der Waals surface area (Å²) in [7, 11) is 0. The summed E-state index contributed by atoms with van der Waals surface area (Å²) in [4.78, 5) is 92.1. The number of benzene rings is 7. The molecule has 0 fully saturated rings. The molecule has 0 saturated heterocycles. The maximum atomic E-state index is 12.4. The molecule has 0 aliphatic carbocycles. The van der Waals surface area contributed by atoms with Crippen molar-refractivity contribution in [1.29, 1.82) is 15.8 Å². The standard InChI is InChI=1S/C19H20F3NO3.2C18H19F3N2O3.3C18H19N3O2/c1-13(2)11-12-23-18(24)14-3-5-15(6-4-14)25-16-7-9-17(10-8-16)26-19(20,21)22;1-12(2)8-9-22-17(24)13-6-7-16(23-11-13)25-14-4-3-5-15(10-14)26-18(19,20)21;1-12(2)9-10-22-17(24)13-7-8-16(23-11-13)25-14-5-3-4-6-15(14)26-18(19,20)21;1-13(2)9-10-20-18(22)15-5-8-17(21-12-15)23-16-6-3-14(11-19)4-7-16;1-13(2)8-9-20-18(22)15-6-7-17(21-12-15)23-16-5-3-4-14(10-16)11-19;1-13(2)9-10-20-18(22)15-7-8-17(21-12-15)23-16-6-4-3-5-14(16)11-19/h3-10,13H,11-12H2,1-2H3,(H,23,24);3-7,10-12H,8-9H2,1-2H3,(H,22,24);3-8,11-12H,9-10H2,1-2H3,(H,22,24);3-8,12-13H,9-10H2,1-2H3,(H,20,22);3-7,10,12-13H,8-9H2,1-2H3,(H,20,22);3-8,12-13H,9-10H2,1-2H3,(H,20,22). The van der Waals surface area contributed by atoms with Gasteiger partial charge in [0.05, 0.1) is 56.6 Å². The van der Waals surface area contributed by atoms with E-state index in [1.165, 1.54) is 116 Å². The SMILES string of the molecule is CC(C)CCNC(=O)c1ccc(Oc2ccc(C#N)cc2)nc1.CC(C)CCNC(=O)c1ccc(Oc2ccc(OC(F)(F)F)cc2)cc1.CC(C)CCNC(=O)c1ccc(Oc2cccc(C#N)c2)nc1.CC(C)CCNC(=O)c1ccc(Oc2cccc(OC(F)(F)F)c2)nc1.CC(C)CCNC(=O)c1ccc(Oc2ccccc2C#N)nc1.CC(C)CCNC(=O)c1ccc(Oc2ccccc2OC(F)(F)F)nc1. The fourth-order valence-electron chi connectivity index (χ4n) is 11.8. The quantitative estimate of drug-likeness (QED) is 0.0195. The third-order valence-corrected chi connectivity index (χ3v) is 19.6. The summed E-state index contributed by atoms with van der Waals surface area (Å²) in [5.41, 5.74) is 4.21. The van der Waals surface area contributed by atoms with Crippen molar-refractivity contribution in [3.05, 3.63) is 312 Å². The molecule has 5 heterocycles. The minimum atomic E-state index is -4.83. The molecule has 0 aliphatic heterocycles. The van der Waals surface area contributed by atoms with E-state index in [-0.39, 0.29) is 64.5 Å². The molecule has 147 heavy (non-hydrogen) atoms. The smallest absolute Gasteiger partial charge is 0.457 e. The summed E-state index contributed by atoms with van der Waals surface area (Å²) in [6.07, 6.45) is -1.80. The first-order valence-electron chi connectivity index (χ1n) is 46.7. The fraction of sp³-hybridized carbons (Fsp3) is 0.303. The van der Waals surface area contributed by atoms with E-state index in [9.17, 15) is 68.3 Å². The van der Waals surface area contributed by atoms with Gasteiger partial charge in [0.1, 0.15) is 52.1 Å². The van der Waals surface area contributed by atoms with Crippen LogP contribution in [0.4, 0.5) is 39.5 Å². The molecule has 0 unspecified atom stereocenters. The first-order chi connectivity index (χ1) is 70.0. The van der Waals surface area contributed by atoms with Crippen molar-refractivity contribution >= 4 is 35.4 Å². The summed E-state index contributed by atoms with van der Waals surface area (Å²) in [5, 5.41) is 43.6. The number of amides is 6. The van der Waals surface area contributed by atoms with Crippen LogP contribution in [0.15, 0.2) is 262 Å². The number of para-hydroxylation sites is 3. The first-order valence-corrected chi connectivity index (χ1v) is 46.7. The monoisotopic (exact) mass is 2030 g/mol. The molecule has 0 aliphatic rings. The van der Waals surface area contributed by atoms with E-state index in [4.69, 9.17) is 44.2 Å². The zero-order valence-electron chi connectivity index (χ0n) is 82.9. The maximum Gasteiger partial charge on any atom is 0.573 e. The molecule has 0 spiro atoms. The molecule has 0 bridgehead atoms. The lowest BCUT2D eigenvalue weighted by atomic mass is 10.1. The Kier molecular flexibility index (Phi) is 48.2. The number of nitrogens with zero attached hydrogens (tertiary/aromatic N) is 8. The Hall–Kier alpha value is -16.9. The van der Waals surface area contributed by atoms with Crippen LogP contribution in [-0.2, 0) is 0 Å². The molecule has 0 radical (unpaired) electrons. The zero-order chi connectivity index (χ0) is 107. The highest BCUT2D eigenvalue weighted by molar-refractivity contribution is 5.96. The summed E-state index contributed by atoms with van der Waals surface area (Å²) in [5.74, 6) is 4.51. The van der Waals surface area contributed by atoms with E-state index in [0.717, 1.165) is 50.7 Å². The van der Waals surface area contributed by atoms with Crippen molar-refractivity contribution in [2.45, 2.75) is 141 Å². The van der Waals surface area contributed by atoms with Crippen LogP contribution in [-0.4, -0.2) is 119 Å². The van der Waals surface area contributed by atoms with E-state index in [1.54, 1.807) is 133 Å². The Morgan fingerprint density at radius 3 is 0.871 bits per heavy atom. The number of nitrogens with one attached hydrogen (secondary N) is 6. The predicted molar refractivity (Wildman–Crippen MR) is 532 cm³/mol. The van der Waals surface area contributed by atoms with Crippen LogP contribution in [0.2, 0.25) is 0 Å². The van der Waals surface area contributed by atoms with Crippen LogP contribution < -0.4 is 74.5 Å². The third-order valence-electron chi connectivity index (χ3n) is 19.6. The topological polar surface area (TPSA) is 393 Å². The summed E-state index contributed by atoms with van der Waals surface area (Å²) < 4.78 is 155.